The third-order valence-corrected chi connectivity index (χ3v) is 1.80. The van der Waals surface area contributed by atoms with Crippen molar-refractivity contribution in [3.05, 3.63) is 36.1 Å². The van der Waals surface area contributed by atoms with Gasteiger partial charge in [-0.05, 0) is 29.7 Å². The molecule has 0 aromatic heterocycles. The van der Waals surface area contributed by atoms with Crippen LogP contribution >= 0.6 is 0 Å². The molecule has 1 heterocycles. The second-order valence-corrected chi connectivity index (χ2v) is 2.59. The van der Waals surface area contributed by atoms with E-state index in [9.17, 15) is 0 Å². The zero-order valence-electron chi connectivity index (χ0n) is 6.40. The number of allylic oxidation sites excluding steroid dienone is 1. The van der Waals surface area contributed by atoms with Gasteiger partial charge in [0.1, 0.15) is 5.75 Å². The number of benzene rings is 1. The van der Waals surface area contributed by atoms with Gasteiger partial charge in [-0.15, -0.1) is 5.11 Å². The summed E-state index contributed by atoms with van der Waals surface area (Å²) in [7, 11) is 0. The molecule has 1 aliphatic rings. The molecule has 1 aromatic carbocycles. The van der Waals surface area contributed by atoms with Crippen LogP contribution in [-0.4, -0.2) is 0 Å². The van der Waals surface area contributed by atoms with Gasteiger partial charge in [-0.1, -0.05) is 6.07 Å². The van der Waals surface area contributed by atoms with E-state index < -0.39 is 0 Å². The maximum atomic E-state index is 8.49. The Morgan fingerprint density at radius 3 is 3.17 bits per heavy atom. The summed E-state index contributed by atoms with van der Waals surface area (Å²) in [6.45, 7) is 0. The first-order valence-corrected chi connectivity index (χ1v) is 3.70. The van der Waals surface area contributed by atoms with Gasteiger partial charge in [0.05, 0.1) is 11.9 Å². The zero-order valence-corrected chi connectivity index (χ0v) is 6.40. The van der Waals surface area contributed by atoms with Crippen LogP contribution in [0.1, 0.15) is 5.56 Å². The predicted octanol–water partition coefficient (Wildman–Crippen LogP) is 2.02. The quantitative estimate of drug-likeness (QED) is 0.578. The Morgan fingerprint density at radius 2 is 2.33 bits per heavy atom. The molecular formula is C9H7N2O. The largest absolute Gasteiger partial charge is 0.465 e. The molecular weight excluding hydrogens is 152 g/mol. The molecule has 0 aliphatic carbocycles. The minimum atomic E-state index is 0.518. The Hall–Kier alpha value is -1.64. The lowest BCUT2D eigenvalue weighted by Crippen LogP contribution is -1.95. The minimum absolute atomic E-state index is 0.518. The minimum Gasteiger partial charge on any atom is -0.465 e. The number of nitrogens with zero attached hydrogens (tertiary/aromatic N) is 2. The first kappa shape index (κ1) is 7.03. The maximum absolute atomic E-state index is 8.49. The SMILES string of the molecule is [N]=Nc1ccc2c(c1)OC=CC2. The van der Waals surface area contributed by atoms with E-state index in [1.807, 2.05) is 12.1 Å². The molecule has 1 aliphatic heterocycles. The second kappa shape index (κ2) is 2.77. The number of rotatable bonds is 1. The van der Waals surface area contributed by atoms with Gasteiger partial charge in [0.2, 0.25) is 0 Å². The molecule has 0 saturated heterocycles. The molecule has 0 N–H and O–H groups in total. The van der Waals surface area contributed by atoms with Crippen LogP contribution < -0.4 is 10.3 Å². The summed E-state index contributed by atoms with van der Waals surface area (Å²) in [5.41, 5.74) is 10.1. The average Bonchev–Trinajstić information content (AvgIpc) is 2.17. The molecule has 1 radical (unpaired) electrons. The molecule has 0 spiro atoms. The molecule has 0 saturated carbocycles. The van der Waals surface area contributed by atoms with Crippen LogP contribution in [0, 0.1) is 0 Å². The van der Waals surface area contributed by atoms with Crippen LogP contribution in [0.15, 0.2) is 35.7 Å². The Bertz CT molecular complexity index is 344. The molecule has 0 bridgehead atoms. The average molecular weight is 159 g/mol. The number of hydrogen-bond donors (Lipinski definition) is 0. The van der Waals surface area contributed by atoms with E-state index in [0.29, 0.717) is 5.69 Å². The molecule has 0 atom stereocenters. The summed E-state index contributed by atoms with van der Waals surface area (Å²) in [5, 5.41) is 3.07. The van der Waals surface area contributed by atoms with Crippen molar-refractivity contribution in [1.82, 2.24) is 5.53 Å². The summed E-state index contributed by atoms with van der Waals surface area (Å²) in [6, 6.07) is 5.36. The lowest BCUT2D eigenvalue weighted by atomic mass is 10.1. The van der Waals surface area contributed by atoms with E-state index in [0.717, 1.165) is 17.7 Å². The van der Waals surface area contributed by atoms with Crippen molar-refractivity contribution >= 4 is 5.69 Å². The molecule has 1 aromatic rings. The van der Waals surface area contributed by atoms with E-state index in [4.69, 9.17) is 10.3 Å². The van der Waals surface area contributed by atoms with Gasteiger partial charge in [-0.2, -0.15) is 0 Å². The molecule has 0 amide bonds. The number of fused-ring (bicyclic) bond motifs is 1. The van der Waals surface area contributed by atoms with Crippen molar-refractivity contribution in [3.8, 4) is 5.75 Å². The van der Waals surface area contributed by atoms with Crippen molar-refractivity contribution in [2.24, 2.45) is 5.11 Å². The van der Waals surface area contributed by atoms with Crippen LogP contribution in [0.4, 0.5) is 5.69 Å². The lowest BCUT2D eigenvalue weighted by Gasteiger charge is -2.10. The Balaban J connectivity index is 2.46. The summed E-state index contributed by atoms with van der Waals surface area (Å²) >= 11 is 0. The van der Waals surface area contributed by atoms with E-state index in [1.165, 1.54) is 0 Å². The predicted molar refractivity (Wildman–Crippen MR) is 44.1 cm³/mol. The Kier molecular flexibility index (Phi) is 1.63. The first-order chi connectivity index (χ1) is 5.90. The van der Waals surface area contributed by atoms with E-state index >= 15 is 0 Å². The van der Waals surface area contributed by atoms with Crippen molar-refractivity contribution in [2.45, 2.75) is 6.42 Å². The summed E-state index contributed by atoms with van der Waals surface area (Å²) in [4.78, 5) is 0. The fourth-order valence-corrected chi connectivity index (χ4v) is 1.18. The second-order valence-electron chi connectivity index (χ2n) is 2.59. The number of hydrogen-bond acceptors (Lipinski definition) is 2. The Morgan fingerprint density at radius 1 is 1.42 bits per heavy atom. The lowest BCUT2D eigenvalue weighted by molar-refractivity contribution is 0.465. The highest BCUT2D eigenvalue weighted by atomic mass is 16.5. The molecule has 12 heavy (non-hydrogen) atoms. The molecule has 3 nitrogen and oxygen atoms in total. The monoisotopic (exact) mass is 159 g/mol. The summed E-state index contributed by atoms with van der Waals surface area (Å²) in [6.07, 6.45) is 4.46. The van der Waals surface area contributed by atoms with Crippen molar-refractivity contribution in [2.75, 3.05) is 0 Å². The van der Waals surface area contributed by atoms with Gasteiger partial charge in [0.15, 0.2) is 0 Å². The van der Waals surface area contributed by atoms with Crippen molar-refractivity contribution in [1.29, 1.82) is 0 Å². The molecule has 3 heteroatoms. The highest BCUT2D eigenvalue weighted by Crippen LogP contribution is 2.27. The molecule has 0 fully saturated rings. The highest BCUT2D eigenvalue weighted by Gasteiger charge is 2.06. The highest BCUT2D eigenvalue weighted by molar-refractivity contribution is 5.49. The Labute approximate surface area is 70.2 Å². The molecule has 0 unspecified atom stereocenters. The van der Waals surface area contributed by atoms with E-state index in [1.54, 1.807) is 18.4 Å². The van der Waals surface area contributed by atoms with Gasteiger partial charge >= 0.3 is 0 Å². The fraction of sp³-hybridized carbons (Fsp3) is 0.111. The van der Waals surface area contributed by atoms with Gasteiger partial charge in [-0.25, -0.2) is 0 Å². The standard InChI is InChI=1S/C9H7N2O/c10-11-8-4-3-7-2-1-5-12-9(7)6-8/h1,3-6H,2H2. The number of ether oxygens (including phenoxy) is 1. The van der Waals surface area contributed by atoms with Gasteiger partial charge in [0, 0.05) is 6.07 Å². The van der Waals surface area contributed by atoms with E-state index in [2.05, 4.69) is 5.11 Å². The summed E-state index contributed by atoms with van der Waals surface area (Å²) in [5.74, 6) is 0.771. The fourth-order valence-electron chi connectivity index (χ4n) is 1.18. The van der Waals surface area contributed by atoms with Crippen LogP contribution in [-0.2, 0) is 6.42 Å². The first-order valence-electron chi connectivity index (χ1n) is 3.70. The summed E-state index contributed by atoms with van der Waals surface area (Å²) < 4.78 is 5.21. The van der Waals surface area contributed by atoms with Crippen LogP contribution in [0.2, 0.25) is 0 Å². The van der Waals surface area contributed by atoms with Crippen molar-refractivity contribution in [3.63, 3.8) is 0 Å². The van der Waals surface area contributed by atoms with Crippen LogP contribution in [0.25, 0.3) is 0 Å². The third-order valence-electron chi connectivity index (χ3n) is 1.80. The molecule has 59 valence electrons. The maximum Gasteiger partial charge on any atom is 0.132 e. The normalized spacial score (nSPS) is 13.3. The van der Waals surface area contributed by atoms with Gasteiger partial charge < -0.3 is 4.74 Å². The topological polar surface area (TPSA) is 43.9 Å². The third kappa shape index (κ3) is 1.09. The van der Waals surface area contributed by atoms with Crippen molar-refractivity contribution < 1.29 is 4.74 Å². The van der Waals surface area contributed by atoms with Crippen LogP contribution in [0.5, 0.6) is 5.75 Å². The van der Waals surface area contributed by atoms with Gasteiger partial charge in [0.25, 0.3) is 0 Å². The van der Waals surface area contributed by atoms with Gasteiger partial charge in [-0.3, -0.25) is 0 Å². The van der Waals surface area contributed by atoms with Crippen LogP contribution in [0.3, 0.4) is 0 Å². The molecule has 2 rings (SSSR count). The zero-order chi connectivity index (χ0) is 8.39. The van der Waals surface area contributed by atoms with E-state index in [-0.39, 0.29) is 0 Å². The smallest absolute Gasteiger partial charge is 0.132 e.